The Bertz CT molecular complexity index is 796. The summed E-state index contributed by atoms with van der Waals surface area (Å²) in [7, 11) is 0. The molecule has 1 aliphatic carbocycles. The van der Waals surface area contributed by atoms with Crippen molar-refractivity contribution in [3.63, 3.8) is 0 Å². The third kappa shape index (κ3) is 4.82. The number of aromatic nitrogens is 1. The molecular formula is C19H22N2O4S. The molecule has 0 unspecified atom stereocenters. The van der Waals surface area contributed by atoms with Crippen LogP contribution in [-0.4, -0.2) is 29.0 Å². The molecule has 1 amide bonds. The molecule has 1 aromatic heterocycles. The predicted molar refractivity (Wildman–Crippen MR) is 98.4 cm³/mol. The van der Waals surface area contributed by atoms with E-state index in [4.69, 9.17) is 9.47 Å². The number of hydrogen-bond donors (Lipinski definition) is 1. The van der Waals surface area contributed by atoms with Crippen molar-refractivity contribution in [3.05, 3.63) is 45.4 Å². The minimum atomic E-state index is -0.822. The zero-order valence-electron chi connectivity index (χ0n) is 15.1. The SMILES string of the molecule is Cc1ccc(OCc2nc(C)c(C(=O)O[C@@H](C)C(=O)NC3CC3)s2)cc1. The fourth-order valence-electron chi connectivity index (χ4n) is 2.30. The summed E-state index contributed by atoms with van der Waals surface area (Å²) in [5.74, 6) is -0.0380. The van der Waals surface area contributed by atoms with Crippen molar-refractivity contribution in [2.75, 3.05) is 0 Å². The van der Waals surface area contributed by atoms with Crippen LogP contribution < -0.4 is 10.1 Å². The van der Waals surface area contributed by atoms with E-state index in [0.717, 1.165) is 24.2 Å². The first-order valence-electron chi connectivity index (χ1n) is 8.59. The molecule has 138 valence electrons. The van der Waals surface area contributed by atoms with Crippen LogP contribution in [0.3, 0.4) is 0 Å². The highest BCUT2D eigenvalue weighted by molar-refractivity contribution is 7.13. The predicted octanol–water partition coefficient (Wildman–Crippen LogP) is 3.16. The number of rotatable bonds is 7. The molecule has 0 saturated heterocycles. The van der Waals surface area contributed by atoms with E-state index in [-0.39, 0.29) is 18.6 Å². The Balaban J connectivity index is 1.56. The van der Waals surface area contributed by atoms with Crippen molar-refractivity contribution in [1.82, 2.24) is 10.3 Å². The minimum absolute atomic E-state index is 0.235. The number of hydrogen-bond acceptors (Lipinski definition) is 6. The summed E-state index contributed by atoms with van der Waals surface area (Å²) in [5.41, 5.74) is 1.74. The van der Waals surface area contributed by atoms with Crippen molar-refractivity contribution in [2.45, 2.75) is 52.4 Å². The summed E-state index contributed by atoms with van der Waals surface area (Å²) in [6.07, 6.45) is 1.16. The largest absolute Gasteiger partial charge is 0.486 e. The number of nitrogens with one attached hydrogen (secondary N) is 1. The smallest absolute Gasteiger partial charge is 0.351 e. The van der Waals surface area contributed by atoms with E-state index in [1.807, 2.05) is 31.2 Å². The summed E-state index contributed by atoms with van der Waals surface area (Å²) < 4.78 is 11.0. The van der Waals surface area contributed by atoms with Crippen LogP contribution in [0.15, 0.2) is 24.3 Å². The second kappa shape index (κ2) is 7.86. The Morgan fingerprint density at radius 1 is 1.27 bits per heavy atom. The van der Waals surface area contributed by atoms with Gasteiger partial charge in [-0.3, -0.25) is 4.79 Å². The fourth-order valence-corrected chi connectivity index (χ4v) is 3.16. The van der Waals surface area contributed by atoms with Crippen LogP contribution in [0.25, 0.3) is 0 Å². The highest BCUT2D eigenvalue weighted by Gasteiger charge is 2.28. The maximum absolute atomic E-state index is 12.3. The molecule has 1 N–H and O–H groups in total. The lowest BCUT2D eigenvalue weighted by molar-refractivity contribution is -0.129. The summed E-state index contributed by atoms with van der Waals surface area (Å²) in [6, 6.07) is 7.97. The number of carbonyl (C=O) groups is 2. The molecule has 6 nitrogen and oxygen atoms in total. The molecule has 1 saturated carbocycles. The normalized spacial score (nSPS) is 14.6. The monoisotopic (exact) mass is 374 g/mol. The van der Waals surface area contributed by atoms with E-state index in [2.05, 4.69) is 10.3 Å². The number of amides is 1. The molecule has 1 aliphatic rings. The molecule has 0 radical (unpaired) electrons. The third-order valence-corrected chi connectivity index (χ3v) is 5.10. The van der Waals surface area contributed by atoms with Gasteiger partial charge in [-0.1, -0.05) is 17.7 Å². The quantitative estimate of drug-likeness (QED) is 0.753. The third-order valence-electron chi connectivity index (χ3n) is 3.99. The highest BCUT2D eigenvalue weighted by Crippen LogP contribution is 2.22. The van der Waals surface area contributed by atoms with Crippen LogP contribution in [0, 0.1) is 13.8 Å². The molecule has 0 spiro atoms. The first kappa shape index (κ1) is 18.4. The van der Waals surface area contributed by atoms with Gasteiger partial charge < -0.3 is 14.8 Å². The standard InChI is InChI=1S/C19H22N2O4S/c1-11-4-8-15(9-5-11)24-10-16-20-12(2)17(26-16)19(23)25-13(3)18(22)21-14-6-7-14/h4-5,8-9,13-14H,6-7,10H2,1-3H3,(H,21,22)/t13-/m0/s1. The second-order valence-corrected chi connectivity index (χ2v) is 7.54. The molecule has 0 bridgehead atoms. The van der Waals surface area contributed by atoms with Crippen LogP contribution in [0.1, 0.15) is 45.7 Å². The summed E-state index contributed by atoms with van der Waals surface area (Å²) in [6.45, 7) is 5.61. The lowest BCUT2D eigenvalue weighted by atomic mass is 10.2. The van der Waals surface area contributed by atoms with Crippen molar-refractivity contribution < 1.29 is 19.1 Å². The number of benzene rings is 1. The van der Waals surface area contributed by atoms with Crippen molar-refractivity contribution in [1.29, 1.82) is 0 Å². The van der Waals surface area contributed by atoms with E-state index >= 15 is 0 Å². The number of carbonyl (C=O) groups excluding carboxylic acids is 2. The second-order valence-electron chi connectivity index (χ2n) is 6.45. The fraction of sp³-hybridized carbons (Fsp3) is 0.421. The molecule has 3 rings (SSSR count). The summed E-state index contributed by atoms with van der Waals surface area (Å²) in [5, 5.41) is 3.51. The molecular weight excluding hydrogens is 352 g/mol. The average Bonchev–Trinajstić information content (AvgIpc) is 3.34. The van der Waals surface area contributed by atoms with Gasteiger partial charge in [0.1, 0.15) is 22.2 Å². The van der Waals surface area contributed by atoms with Crippen LogP contribution >= 0.6 is 11.3 Å². The highest BCUT2D eigenvalue weighted by atomic mass is 32.1. The maximum atomic E-state index is 12.3. The first-order chi connectivity index (χ1) is 12.4. The number of aryl methyl sites for hydroxylation is 2. The van der Waals surface area contributed by atoms with E-state index in [1.54, 1.807) is 13.8 Å². The minimum Gasteiger partial charge on any atom is -0.486 e. The Morgan fingerprint density at radius 2 is 1.96 bits per heavy atom. The number of ether oxygens (including phenoxy) is 2. The summed E-state index contributed by atoms with van der Waals surface area (Å²) >= 11 is 1.23. The molecule has 1 heterocycles. The number of nitrogens with zero attached hydrogens (tertiary/aromatic N) is 1. The molecule has 1 atom stereocenters. The van der Waals surface area contributed by atoms with Crippen LogP contribution in [0.5, 0.6) is 5.75 Å². The zero-order valence-corrected chi connectivity index (χ0v) is 15.9. The lowest BCUT2D eigenvalue weighted by Gasteiger charge is -2.12. The zero-order chi connectivity index (χ0) is 18.7. The molecule has 26 heavy (non-hydrogen) atoms. The number of thiazole rings is 1. The van der Waals surface area contributed by atoms with Gasteiger partial charge in [0, 0.05) is 6.04 Å². The Morgan fingerprint density at radius 3 is 2.62 bits per heavy atom. The van der Waals surface area contributed by atoms with Crippen molar-refractivity contribution in [2.24, 2.45) is 0 Å². The lowest BCUT2D eigenvalue weighted by Crippen LogP contribution is -2.37. The molecule has 1 fully saturated rings. The van der Waals surface area contributed by atoms with E-state index in [9.17, 15) is 9.59 Å². The molecule has 1 aromatic carbocycles. The average molecular weight is 374 g/mol. The maximum Gasteiger partial charge on any atom is 0.351 e. The first-order valence-corrected chi connectivity index (χ1v) is 9.41. The molecule has 0 aliphatic heterocycles. The van der Waals surface area contributed by atoms with Gasteiger partial charge in [0.05, 0.1) is 5.69 Å². The van der Waals surface area contributed by atoms with Gasteiger partial charge >= 0.3 is 5.97 Å². The van der Waals surface area contributed by atoms with Gasteiger partial charge in [-0.25, -0.2) is 9.78 Å². The van der Waals surface area contributed by atoms with Crippen molar-refractivity contribution in [3.8, 4) is 5.75 Å². The summed E-state index contributed by atoms with van der Waals surface area (Å²) in [4.78, 5) is 29.0. The Labute approximate surface area is 156 Å². The van der Waals surface area contributed by atoms with Gasteiger partial charge in [-0.15, -0.1) is 11.3 Å². The van der Waals surface area contributed by atoms with Crippen molar-refractivity contribution >= 4 is 23.2 Å². The van der Waals surface area contributed by atoms with Gasteiger partial charge in [-0.2, -0.15) is 0 Å². The van der Waals surface area contributed by atoms with Crippen LogP contribution in [0.2, 0.25) is 0 Å². The van der Waals surface area contributed by atoms with Crippen LogP contribution in [-0.2, 0) is 16.1 Å². The van der Waals surface area contributed by atoms with E-state index in [0.29, 0.717) is 15.6 Å². The topological polar surface area (TPSA) is 77.5 Å². The van der Waals surface area contributed by atoms with Gasteiger partial charge in [0.15, 0.2) is 6.10 Å². The Hall–Kier alpha value is -2.41. The number of esters is 1. The van der Waals surface area contributed by atoms with Gasteiger partial charge in [0.2, 0.25) is 0 Å². The van der Waals surface area contributed by atoms with Crippen LogP contribution in [0.4, 0.5) is 0 Å². The van der Waals surface area contributed by atoms with E-state index < -0.39 is 12.1 Å². The van der Waals surface area contributed by atoms with E-state index in [1.165, 1.54) is 11.3 Å². The Kier molecular flexibility index (Phi) is 5.56. The molecule has 7 heteroatoms. The molecule has 2 aromatic rings. The van der Waals surface area contributed by atoms with Gasteiger partial charge in [-0.05, 0) is 45.7 Å². The van der Waals surface area contributed by atoms with Gasteiger partial charge in [0.25, 0.3) is 5.91 Å².